The van der Waals surface area contributed by atoms with Gasteiger partial charge in [0.15, 0.2) is 0 Å². The molecule has 3 nitrogen and oxygen atoms in total. The Morgan fingerprint density at radius 3 is 3.06 bits per heavy atom. The minimum absolute atomic E-state index is 0.114. The maximum atomic E-state index is 10.6. The fraction of sp³-hybridized carbons (Fsp3) is 0.571. The molecule has 2 unspecified atom stereocenters. The molecule has 98 valence electrons. The van der Waals surface area contributed by atoms with E-state index in [0.29, 0.717) is 19.4 Å². The summed E-state index contributed by atoms with van der Waals surface area (Å²) in [7, 11) is 0. The minimum Gasteiger partial charge on any atom is -0.493 e. The van der Waals surface area contributed by atoms with Crippen LogP contribution < -0.4 is 10.5 Å². The second-order valence-electron chi connectivity index (χ2n) is 5.56. The largest absolute Gasteiger partial charge is 0.493 e. The highest BCUT2D eigenvalue weighted by Crippen LogP contribution is 2.38. The molecule has 1 aliphatic heterocycles. The predicted molar refractivity (Wildman–Crippen MR) is 71.1 cm³/mol. The summed E-state index contributed by atoms with van der Waals surface area (Å²) < 4.78 is 5.67. The number of ether oxygens (including phenoxy) is 1. The lowest BCUT2D eigenvalue weighted by atomic mass is 9.91. The Hall–Kier alpha value is -0.770. The fourth-order valence-corrected chi connectivity index (χ4v) is 3.40. The fourth-order valence-electron chi connectivity index (χ4n) is 3.14. The summed E-state index contributed by atoms with van der Waals surface area (Å²) >= 11 is 6.13. The first-order valence-corrected chi connectivity index (χ1v) is 6.86. The monoisotopic (exact) mass is 267 g/mol. The molecule has 0 spiro atoms. The Balaban J connectivity index is 1.89. The Morgan fingerprint density at radius 2 is 2.33 bits per heavy atom. The normalized spacial score (nSPS) is 30.3. The maximum absolute atomic E-state index is 10.6. The third kappa shape index (κ3) is 2.22. The van der Waals surface area contributed by atoms with Crippen LogP contribution in [0.4, 0.5) is 0 Å². The van der Waals surface area contributed by atoms with E-state index in [-0.39, 0.29) is 6.04 Å². The van der Waals surface area contributed by atoms with Crippen LogP contribution in [0.1, 0.15) is 30.4 Å². The van der Waals surface area contributed by atoms with E-state index in [2.05, 4.69) is 0 Å². The first kappa shape index (κ1) is 12.3. The zero-order valence-corrected chi connectivity index (χ0v) is 11.0. The van der Waals surface area contributed by atoms with Crippen molar-refractivity contribution in [2.24, 2.45) is 5.73 Å². The molecule has 1 fully saturated rings. The number of hydrogen-bond donors (Lipinski definition) is 2. The summed E-state index contributed by atoms with van der Waals surface area (Å²) in [4.78, 5) is 0. The Kier molecular flexibility index (Phi) is 3.00. The highest BCUT2D eigenvalue weighted by atomic mass is 35.5. The van der Waals surface area contributed by atoms with Crippen LogP contribution in [-0.2, 0) is 12.8 Å². The van der Waals surface area contributed by atoms with Crippen molar-refractivity contribution in [3.63, 3.8) is 0 Å². The van der Waals surface area contributed by atoms with E-state index >= 15 is 0 Å². The van der Waals surface area contributed by atoms with E-state index in [0.717, 1.165) is 41.2 Å². The van der Waals surface area contributed by atoms with Crippen LogP contribution in [-0.4, -0.2) is 23.4 Å². The standard InChI is InChI=1S/C14H18ClNO2/c15-11-5-9-2-4-18-13(9)10(6-11)7-14(17)3-1-12(16)8-14/h5-6,12,17H,1-4,7-8,16H2. The molecule has 1 aromatic rings. The summed E-state index contributed by atoms with van der Waals surface area (Å²) in [5.74, 6) is 0.924. The maximum Gasteiger partial charge on any atom is 0.126 e. The molecule has 1 saturated carbocycles. The van der Waals surface area contributed by atoms with Crippen molar-refractivity contribution in [1.82, 2.24) is 0 Å². The first-order valence-electron chi connectivity index (χ1n) is 6.48. The molecule has 4 heteroatoms. The van der Waals surface area contributed by atoms with Crippen LogP contribution in [0.5, 0.6) is 5.75 Å². The predicted octanol–water partition coefficient (Wildman–Crippen LogP) is 2.06. The van der Waals surface area contributed by atoms with E-state index in [1.54, 1.807) is 0 Å². The van der Waals surface area contributed by atoms with Gasteiger partial charge in [-0.15, -0.1) is 0 Å². The number of hydrogen-bond acceptors (Lipinski definition) is 3. The highest BCUT2D eigenvalue weighted by Gasteiger charge is 2.37. The van der Waals surface area contributed by atoms with E-state index in [9.17, 15) is 5.11 Å². The molecular weight excluding hydrogens is 250 g/mol. The number of rotatable bonds is 2. The van der Waals surface area contributed by atoms with Gasteiger partial charge in [-0.05, 0) is 42.5 Å². The number of aliphatic hydroxyl groups is 1. The van der Waals surface area contributed by atoms with Gasteiger partial charge in [0.1, 0.15) is 5.75 Å². The molecule has 3 N–H and O–H groups in total. The summed E-state index contributed by atoms with van der Waals surface area (Å²) in [6, 6.07) is 3.98. The summed E-state index contributed by atoms with van der Waals surface area (Å²) in [5.41, 5.74) is 7.37. The Morgan fingerprint density at radius 1 is 1.50 bits per heavy atom. The van der Waals surface area contributed by atoms with Crippen molar-refractivity contribution in [3.8, 4) is 5.75 Å². The molecule has 1 aliphatic carbocycles. The van der Waals surface area contributed by atoms with Crippen LogP contribution in [0.25, 0.3) is 0 Å². The van der Waals surface area contributed by atoms with Gasteiger partial charge in [-0.25, -0.2) is 0 Å². The van der Waals surface area contributed by atoms with Gasteiger partial charge in [0.05, 0.1) is 12.2 Å². The van der Waals surface area contributed by atoms with Crippen LogP contribution in [0.3, 0.4) is 0 Å². The van der Waals surface area contributed by atoms with Crippen LogP contribution in [0, 0.1) is 0 Å². The van der Waals surface area contributed by atoms with Crippen molar-refractivity contribution < 1.29 is 9.84 Å². The lowest BCUT2D eigenvalue weighted by Gasteiger charge is -2.23. The van der Waals surface area contributed by atoms with Crippen LogP contribution in [0.2, 0.25) is 5.02 Å². The molecule has 3 rings (SSSR count). The third-order valence-electron chi connectivity index (χ3n) is 3.97. The average molecular weight is 268 g/mol. The lowest BCUT2D eigenvalue weighted by molar-refractivity contribution is 0.0462. The van der Waals surface area contributed by atoms with Gasteiger partial charge in [-0.3, -0.25) is 0 Å². The molecule has 0 amide bonds. The quantitative estimate of drug-likeness (QED) is 0.862. The van der Waals surface area contributed by atoms with Crippen molar-refractivity contribution in [1.29, 1.82) is 0 Å². The summed E-state index contributed by atoms with van der Waals surface area (Å²) in [6.07, 6.45) is 3.80. The molecule has 1 heterocycles. The molecule has 0 bridgehead atoms. The highest BCUT2D eigenvalue weighted by molar-refractivity contribution is 6.30. The zero-order valence-electron chi connectivity index (χ0n) is 10.3. The molecule has 2 atom stereocenters. The van der Waals surface area contributed by atoms with Crippen LogP contribution >= 0.6 is 11.6 Å². The number of benzene rings is 1. The number of fused-ring (bicyclic) bond motifs is 1. The average Bonchev–Trinajstić information content (AvgIpc) is 2.85. The van der Waals surface area contributed by atoms with E-state index < -0.39 is 5.60 Å². The van der Waals surface area contributed by atoms with Gasteiger partial charge in [0, 0.05) is 23.9 Å². The Labute approximate surface area is 112 Å². The first-order chi connectivity index (χ1) is 8.56. The molecule has 0 radical (unpaired) electrons. The van der Waals surface area contributed by atoms with Gasteiger partial charge >= 0.3 is 0 Å². The molecule has 1 aromatic carbocycles. The van der Waals surface area contributed by atoms with Crippen molar-refractivity contribution in [2.45, 2.75) is 43.7 Å². The number of nitrogens with two attached hydrogens (primary N) is 1. The molecule has 2 aliphatic rings. The topological polar surface area (TPSA) is 55.5 Å². The van der Waals surface area contributed by atoms with Gasteiger partial charge in [0.2, 0.25) is 0 Å². The summed E-state index contributed by atoms with van der Waals surface area (Å²) in [5, 5.41) is 11.3. The van der Waals surface area contributed by atoms with Gasteiger partial charge in [-0.1, -0.05) is 11.6 Å². The second kappa shape index (κ2) is 4.41. The zero-order chi connectivity index (χ0) is 12.8. The summed E-state index contributed by atoms with van der Waals surface area (Å²) in [6.45, 7) is 0.709. The van der Waals surface area contributed by atoms with Gasteiger partial charge in [0.25, 0.3) is 0 Å². The van der Waals surface area contributed by atoms with Crippen molar-refractivity contribution >= 4 is 11.6 Å². The molecule has 18 heavy (non-hydrogen) atoms. The van der Waals surface area contributed by atoms with Gasteiger partial charge < -0.3 is 15.6 Å². The number of halogens is 1. The molecule has 0 saturated heterocycles. The van der Waals surface area contributed by atoms with Crippen molar-refractivity contribution in [2.75, 3.05) is 6.61 Å². The van der Waals surface area contributed by atoms with E-state index in [1.807, 2.05) is 12.1 Å². The lowest BCUT2D eigenvalue weighted by Crippen LogP contribution is -2.30. The molecular formula is C14H18ClNO2. The smallest absolute Gasteiger partial charge is 0.126 e. The Bertz CT molecular complexity index is 477. The third-order valence-corrected chi connectivity index (χ3v) is 4.19. The van der Waals surface area contributed by atoms with Crippen LogP contribution in [0.15, 0.2) is 12.1 Å². The van der Waals surface area contributed by atoms with E-state index in [4.69, 9.17) is 22.1 Å². The minimum atomic E-state index is -0.691. The van der Waals surface area contributed by atoms with Gasteiger partial charge in [-0.2, -0.15) is 0 Å². The SMILES string of the molecule is NC1CCC(O)(Cc2cc(Cl)cc3c2OCC3)C1. The molecule has 0 aromatic heterocycles. The van der Waals surface area contributed by atoms with E-state index in [1.165, 1.54) is 0 Å². The second-order valence-corrected chi connectivity index (χ2v) is 5.99. The van der Waals surface area contributed by atoms with Crippen molar-refractivity contribution in [3.05, 3.63) is 28.3 Å².